The molecule has 0 aliphatic carbocycles. The highest BCUT2D eigenvalue weighted by molar-refractivity contribution is 5.83. The molecule has 124 valence electrons. The van der Waals surface area contributed by atoms with E-state index in [-0.39, 0.29) is 5.56 Å². The second-order valence-electron chi connectivity index (χ2n) is 6.30. The summed E-state index contributed by atoms with van der Waals surface area (Å²) in [6.07, 6.45) is 0. The molecule has 2 aromatic rings. The van der Waals surface area contributed by atoms with Crippen molar-refractivity contribution < 1.29 is 4.74 Å². The molecule has 0 saturated carbocycles. The Bertz CT molecular complexity index is 733. The van der Waals surface area contributed by atoms with Crippen LogP contribution >= 0.6 is 0 Å². The highest BCUT2D eigenvalue weighted by atomic mass is 16.5. The van der Waals surface area contributed by atoms with Gasteiger partial charge in [0, 0.05) is 49.2 Å². The van der Waals surface area contributed by atoms with E-state index in [9.17, 15) is 4.79 Å². The van der Waals surface area contributed by atoms with Gasteiger partial charge in [-0.1, -0.05) is 6.07 Å². The number of fused-ring (bicyclic) bond motifs is 1. The van der Waals surface area contributed by atoms with Gasteiger partial charge in [0.25, 0.3) is 5.56 Å². The number of aryl methyl sites for hydroxylation is 2. The lowest BCUT2D eigenvalue weighted by atomic mass is 10.0. The van der Waals surface area contributed by atoms with Gasteiger partial charge in [0.05, 0.1) is 13.2 Å². The normalized spacial score (nSPS) is 16.1. The van der Waals surface area contributed by atoms with Crippen LogP contribution in [0.4, 0.5) is 0 Å². The minimum atomic E-state index is 0.00127. The van der Waals surface area contributed by atoms with E-state index in [4.69, 9.17) is 4.74 Å². The van der Waals surface area contributed by atoms with Gasteiger partial charge in [0.1, 0.15) is 0 Å². The first kappa shape index (κ1) is 16.2. The van der Waals surface area contributed by atoms with Crippen molar-refractivity contribution in [3.8, 4) is 0 Å². The highest BCUT2D eigenvalue weighted by Gasteiger charge is 2.10. The highest BCUT2D eigenvalue weighted by Crippen LogP contribution is 2.18. The average molecular weight is 315 g/mol. The number of nitrogens with zero attached hydrogens (tertiary/aromatic N) is 1. The van der Waals surface area contributed by atoms with Gasteiger partial charge in [-0.25, -0.2) is 0 Å². The average Bonchev–Trinajstić information content (AvgIpc) is 2.53. The molecule has 2 heterocycles. The maximum absolute atomic E-state index is 12.2. The van der Waals surface area contributed by atoms with Crippen LogP contribution in [0.1, 0.15) is 16.7 Å². The Morgan fingerprint density at radius 1 is 1.22 bits per heavy atom. The summed E-state index contributed by atoms with van der Waals surface area (Å²) in [5.74, 6) is 0. The molecule has 0 unspecified atom stereocenters. The summed E-state index contributed by atoms with van der Waals surface area (Å²) in [6.45, 7) is 10.2. The first-order valence-corrected chi connectivity index (χ1v) is 8.27. The van der Waals surface area contributed by atoms with Gasteiger partial charge in [-0.15, -0.1) is 0 Å². The molecular formula is C18H25N3O2. The number of hydrogen-bond donors (Lipinski definition) is 2. The molecule has 1 fully saturated rings. The summed E-state index contributed by atoms with van der Waals surface area (Å²) < 4.78 is 5.34. The summed E-state index contributed by atoms with van der Waals surface area (Å²) >= 11 is 0. The fourth-order valence-electron chi connectivity index (χ4n) is 3.13. The van der Waals surface area contributed by atoms with Crippen LogP contribution in [-0.2, 0) is 11.3 Å². The molecule has 0 amide bonds. The monoisotopic (exact) mass is 315 g/mol. The number of pyridine rings is 1. The van der Waals surface area contributed by atoms with Crippen LogP contribution in [0.2, 0.25) is 0 Å². The smallest absolute Gasteiger partial charge is 0.252 e. The number of H-pyrrole nitrogens is 1. The van der Waals surface area contributed by atoms with Crippen molar-refractivity contribution in [3.63, 3.8) is 0 Å². The van der Waals surface area contributed by atoms with E-state index in [1.54, 1.807) is 0 Å². The molecule has 3 rings (SSSR count). The van der Waals surface area contributed by atoms with Gasteiger partial charge < -0.3 is 15.0 Å². The fourth-order valence-corrected chi connectivity index (χ4v) is 3.13. The molecule has 1 aromatic carbocycles. The van der Waals surface area contributed by atoms with E-state index < -0.39 is 0 Å². The standard InChI is InChI=1S/C18H25N3O2/c1-13-9-14(2)16-11-15(18(22)20-17(16)10-13)12-19-3-4-21-5-7-23-8-6-21/h9-11,19H,3-8,12H2,1-2H3,(H,20,22). The van der Waals surface area contributed by atoms with Gasteiger partial charge in [0.15, 0.2) is 0 Å². The molecule has 0 spiro atoms. The lowest BCUT2D eigenvalue weighted by Gasteiger charge is -2.26. The zero-order valence-electron chi connectivity index (χ0n) is 13.9. The topological polar surface area (TPSA) is 57.4 Å². The summed E-state index contributed by atoms with van der Waals surface area (Å²) in [6, 6.07) is 6.19. The maximum Gasteiger partial charge on any atom is 0.252 e. The van der Waals surface area contributed by atoms with Crippen LogP contribution in [0.5, 0.6) is 0 Å². The summed E-state index contributed by atoms with van der Waals surface area (Å²) in [5, 5.41) is 4.51. The molecule has 2 N–H and O–H groups in total. The van der Waals surface area contributed by atoms with Gasteiger partial charge in [-0.2, -0.15) is 0 Å². The van der Waals surface area contributed by atoms with Gasteiger partial charge >= 0.3 is 0 Å². The third-order valence-corrected chi connectivity index (χ3v) is 4.41. The lowest BCUT2D eigenvalue weighted by Crippen LogP contribution is -2.40. The van der Waals surface area contributed by atoms with E-state index in [0.717, 1.165) is 55.9 Å². The maximum atomic E-state index is 12.2. The first-order valence-electron chi connectivity index (χ1n) is 8.27. The van der Waals surface area contributed by atoms with Crippen LogP contribution in [0, 0.1) is 13.8 Å². The van der Waals surface area contributed by atoms with E-state index in [2.05, 4.69) is 28.2 Å². The Morgan fingerprint density at radius 3 is 2.78 bits per heavy atom. The minimum Gasteiger partial charge on any atom is -0.379 e. The second kappa shape index (κ2) is 7.25. The molecule has 1 aliphatic heterocycles. The van der Waals surface area contributed by atoms with Crippen LogP contribution in [0.3, 0.4) is 0 Å². The van der Waals surface area contributed by atoms with Crippen LogP contribution in [0.25, 0.3) is 10.9 Å². The van der Waals surface area contributed by atoms with E-state index in [1.165, 1.54) is 11.1 Å². The fraction of sp³-hybridized carbons (Fsp3) is 0.500. The molecule has 5 nitrogen and oxygen atoms in total. The summed E-state index contributed by atoms with van der Waals surface area (Å²) in [7, 11) is 0. The number of hydrogen-bond acceptors (Lipinski definition) is 4. The van der Waals surface area contributed by atoms with Crippen LogP contribution < -0.4 is 10.9 Å². The molecule has 0 atom stereocenters. The van der Waals surface area contributed by atoms with Crippen molar-refractivity contribution >= 4 is 10.9 Å². The molecule has 1 saturated heterocycles. The number of benzene rings is 1. The second-order valence-corrected chi connectivity index (χ2v) is 6.30. The first-order chi connectivity index (χ1) is 11.1. The van der Waals surface area contributed by atoms with Crippen molar-refractivity contribution in [2.75, 3.05) is 39.4 Å². The largest absolute Gasteiger partial charge is 0.379 e. The Labute approximate surface area is 136 Å². The zero-order valence-corrected chi connectivity index (χ0v) is 13.9. The Hall–Kier alpha value is -1.69. The number of rotatable bonds is 5. The van der Waals surface area contributed by atoms with Gasteiger partial charge in [-0.05, 0) is 37.1 Å². The van der Waals surface area contributed by atoms with Crippen molar-refractivity contribution in [2.24, 2.45) is 0 Å². The number of morpholine rings is 1. The number of aromatic nitrogens is 1. The predicted octanol–water partition coefficient (Wildman–Crippen LogP) is 1.57. The number of aromatic amines is 1. The van der Waals surface area contributed by atoms with Gasteiger partial charge in [0.2, 0.25) is 0 Å². The molecular weight excluding hydrogens is 290 g/mol. The van der Waals surface area contributed by atoms with Crippen molar-refractivity contribution in [2.45, 2.75) is 20.4 Å². The SMILES string of the molecule is Cc1cc(C)c2cc(CNCCN3CCOCC3)c(=O)[nH]c2c1. The molecule has 0 radical (unpaired) electrons. The van der Waals surface area contributed by atoms with Crippen LogP contribution in [0.15, 0.2) is 23.0 Å². The van der Waals surface area contributed by atoms with E-state index >= 15 is 0 Å². The third kappa shape index (κ3) is 3.99. The van der Waals surface area contributed by atoms with Crippen molar-refractivity contribution in [1.29, 1.82) is 0 Å². The Kier molecular flexibility index (Phi) is 5.10. The Balaban J connectivity index is 1.63. The van der Waals surface area contributed by atoms with Crippen molar-refractivity contribution in [3.05, 3.63) is 45.2 Å². The predicted molar refractivity (Wildman–Crippen MR) is 93.0 cm³/mol. The minimum absolute atomic E-state index is 0.00127. The number of ether oxygens (including phenoxy) is 1. The molecule has 1 aliphatic rings. The summed E-state index contributed by atoms with van der Waals surface area (Å²) in [5.41, 5.74) is 4.09. The molecule has 0 bridgehead atoms. The molecule has 23 heavy (non-hydrogen) atoms. The number of nitrogens with one attached hydrogen (secondary N) is 2. The van der Waals surface area contributed by atoms with Crippen molar-refractivity contribution in [1.82, 2.24) is 15.2 Å². The third-order valence-electron chi connectivity index (χ3n) is 4.41. The van der Waals surface area contributed by atoms with E-state index in [0.29, 0.717) is 6.54 Å². The molecule has 5 heteroatoms. The van der Waals surface area contributed by atoms with E-state index in [1.807, 2.05) is 19.1 Å². The van der Waals surface area contributed by atoms with Crippen LogP contribution in [-0.4, -0.2) is 49.3 Å². The summed E-state index contributed by atoms with van der Waals surface area (Å²) in [4.78, 5) is 17.6. The van der Waals surface area contributed by atoms with Gasteiger partial charge in [-0.3, -0.25) is 9.69 Å². The zero-order chi connectivity index (χ0) is 16.2. The lowest BCUT2D eigenvalue weighted by molar-refractivity contribution is 0.0384. The Morgan fingerprint density at radius 2 is 2.00 bits per heavy atom. The quantitative estimate of drug-likeness (QED) is 0.822. The molecule has 1 aromatic heterocycles.